The third-order valence-corrected chi connectivity index (χ3v) is 5.45. The van der Waals surface area contributed by atoms with E-state index in [1.165, 1.54) is 0 Å². The van der Waals surface area contributed by atoms with Crippen molar-refractivity contribution < 1.29 is 4.79 Å². The number of rotatable bonds is 3. The van der Waals surface area contributed by atoms with Crippen LogP contribution in [0.1, 0.15) is 30.9 Å². The number of hydrogen-bond acceptors (Lipinski definition) is 5. The maximum Gasteiger partial charge on any atom is 0.227 e. The first kappa shape index (κ1) is 16.5. The number of carbonyl (C=O) groups excluding carboxylic acids is 1. The van der Waals surface area contributed by atoms with Crippen LogP contribution in [0, 0.1) is 16.7 Å². The van der Waals surface area contributed by atoms with Gasteiger partial charge in [-0.05, 0) is 42.7 Å². The van der Waals surface area contributed by atoms with Gasteiger partial charge in [0.2, 0.25) is 11.9 Å². The number of carbonyl (C=O) groups is 1. The van der Waals surface area contributed by atoms with Gasteiger partial charge in [-0.2, -0.15) is 5.26 Å². The molecule has 0 radical (unpaired) electrons. The SMILES string of the molecule is CCc1cnc(N2CCC3(CC(=O)N(c4ccc(C#N)cc4)C3)C2)nc1. The minimum atomic E-state index is -0.0439. The lowest BCUT2D eigenvalue weighted by Gasteiger charge is -2.24. The molecule has 0 bridgehead atoms. The molecule has 0 N–H and O–H groups in total. The fourth-order valence-electron chi connectivity index (χ4n) is 3.92. The van der Waals surface area contributed by atoms with Gasteiger partial charge in [-0.25, -0.2) is 9.97 Å². The van der Waals surface area contributed by atoms with Gasteiger partial charge < -0.3 is 9.80 Å². The molecule has 1 atom stereocenters. The number of anilines is 2. The molecule has 2 saturated heterocycles. The van der Waals surface area contributed by atoms with Crippen molar-refractivity contribution in [2.45, 2.75) is 26.2 Å². The third kappa shape index (κ3) is 2.90. The van der Waals surface area contributed by atoms with Crippen molar-refractivity contribution >= 4 is 17.5 Å². The molecule has 1 amide bonds. The Balaban J connectivity index is 1.49. The van der Waals surface area contributed by atoms with Crippen LogP contribution in [0.15, 0.2) is 36.7 Å². The Kier molecular flexibility index (Phi) is 4.08. The summed E-state index contributed by atoms with van der Waals surface area (Å²) in [7, 11) is 0. The highest BCUT2D eigenvalue weighted by Gasteiger charge is 2.48. The molecular weight excluding hydrogens is 326 g/mol. The van der Waals surface area contributed by atoms with E-state index in [1.54, 1.807) is 12.1 Å². The van der Waals surface area contributed by atoms with Gasteiger partial charge in [-0.3, -0.25) is 4.79 Å². The third-order valence-electron chi connectivity index (χ3n) is 5.45. The van der Waals surface area contributed by atoms with Crippen LogP contribution in [0.4, 0.5) is 11.6 Å². The van der Waals surface area contributed by atoms with Gasteiger partial charge >= 0.3 is 0 Å². The van der Waals surface area contributed by atoms with Crippen LogP contribution in [0.5, 0.6) is 0 Å². The minimum Gasteiger partial charge on any atom is -0.340 e. The first-order chi connectivity index (χ1) is 12.6. The van der Waals surface area contributed by atoms with Crippen molar-refractivity contribution in [3.63, 3.8) is 0 Å². The molecule has 0 aliphatic carbocycles. The fourth-order valence-corrected chi connectivity index (χ4v) is 3.92. The molecule has 6 nitrogen and oxygen atoms in total. The van der Waals surface area contributed by atoms with E-state index in [0.717, 1.165) is 43.1 Å². The predicted molar refractivity (Wildman–Crippen MR) is 98.8 cm³/mol. The summed E-state index contributed by atoms with van der Waals surface area (Å²) >= 11 is 0. The van der Waals surface area contributed by atoms with E-state index in [0.29, 0.717) is 18.5 Å². The van der Waals surface area contributed by atoms with E-state index in [4.69, 9.17) is 5.26 Å². The molecule has 0 saturated carbocycles. The molecule has 2 aliphatic rings. The lowest BCUT2D eigenvalue weighted by molar-refractivity contribution is -0.117. The Morgan fingerprint density at radius 3 is 2.58 bits per heavy atom. The maximum atomic E-state index is 12.6. The lowest BCUT2D eigenvalue weighted by Crippen LogP contribution is -2.31. The van der Waals surface area contributed by atoms with E-state index >= 15 is 0 Å². The Labute approximate surface area is 153 Å². The number of nitriles is 1. The van der Waals surface area contributed by atoms with Gasteiger partial charge in [-0.15, -0.1) is 0 Å². The van der Waals surface area contributed by atoms with E-state index in [-0.39, 0.29) is 11.3 Å². The molecule has 26 heavy (non-hydrogen) atoms. The molecule has 2 fully saturated rings. The smallest absolute Gasteiger partial charge is 0.227 e. The molecular formula is C20H21N5O. The number of hydrogen-bond donors (Lipinski definition) is 0. The van der Waals surface area contributed by atoms with Gasteiger partial charge in [0.05, 0.1) is 11.6 Å². The molecule has 1 aromatic heterocycles. The molecule has 6 heteroatoms. The van der Waals surface area contributed by atoms with Crippen molar-refractivity contribution in [3.8, 4) is 6.07 Å². The van der Waals surface area contributed by atoms with Gasteiger partial charge in [0.15, 0.2) is 0 Å². The Hall–Kier alpha value is -2.94. The molecule has 132 valence electrons. The topological polar surface area (TPSA) is 73.1 Å². The van der Waals surface area contributed by atoms with E-state index in [2.05, 4.69) is 27.9 Å². The van der Waals surface area contributed by atoms with Crippen molar-refractivity contribution in [3.05, 3.63) is 47.8 Å². The second-order valence-corrected chi connectivity index (χ2v) is 7.23. The first-order valence-corrected chi connectivity index (χ1v) is 8.99. The zero-order chi connectivity index (χ0) is 18.1. The molecule has 1 unspecified atom stereocenters. The van der Waals surface area contributed by atoms with E-state index in [1.807, 2.05) is 29.4 Å². The molecule has 4 rings (SSSR count). The van der Waals surface area contributed by atoms with Gasteiger partial charge in [0, 0.05) is 49.6 Å². The summed E-state index contributed by atoms with van der Waals surface area (Å²) in [6.07, 6.45) is 6.21. The van der Waals surface area contributed by atoms with Crippen LogP contribution in [0.25, 0.3) is 0 Å². The monoisotopic (exact) mass is 347 g/mol. The largest absolute Gasteiger partial charge is 0.340 e. The predicted octanol–water partition coefficient (Wildman–Crippen LogP) is 2.54. The normalized spacial score (nSPS) is 22.2. The summed E-state index contributed by atoms with van der Waals surface area (Å²) in [6, 6.07) is 9.35. The van der Waals surface area contributed by atoms with E-state index < -0.39 is 0 Å². The molecule has 2 aliphatic heterocycles. The number of aryl methyl sites for hydroxylation is 1. The average molecular weight is 347 g/mol. The number of amides is 1. The minimum absolute atomic E-state index is 0.0439. The fraction of sp³-hybridized carbons (Fsp3) is 0.400. The second kappa shape index (κ2) is 6.41. The molecule has 2 aromatic rings. The second-order valence-electron chi connectivity index (χ2n) is 7.23. The lowest BCUT2D eigenvalue weighted by atomic mass is 9.86. The summed E-state index contributed by atoms with van der Waals surface area (Å²) in [5.74, 6) is 0.905. The summed E-state index contributed by atoms with van der Waals surface area (Å²) in [5, 5.41) is 8.94. The van der Waals surface area contributed by atoms with Crippen LogP contribution in [-0.4, -0.2) is 35.5 Å². The van der Waals surface area contributed by atoms with Gasteiger partial charge in [0.1, 0.15) is 0 Å². The van der Waals surface area contributed by atoms with Crippen LogP contribution >= 0.6 is 0 Å². The maximum absolute atomic E-state index is 12.6. The Bertz CT molecular complexity index is 855. The van der Waals surface area contributed by atoms with Gasteiger partial charge in [-0.1, -0.05) is 6.92 Å². The molecule has 1 spiro atoms. The number of aromatic nitrogens is 2. The Morgan fingerprint density at radius 2 is 1.92 bits per heavy atom. The van der Waals surface area contributed by atoms with Crippen molar-refractivity contribution in [2.24, 2.45) is 5.41 Å². The number of benzene rings is 1. The summed E-state index contributed by atoms with van der Waals surface area (Å²) in [5.41, 5.74) is 2.56. The van der Waals surface area contributed by atoms with E-state index in [9.17, 15) is 4.79 Å². The summed E-state index contributed by atoms with van der Waals surface area (Å²) < 4.78 is 0. The van der Waals surface area contributed by atoms with Crippen molar-refractivity contribution in [2.75, 3.05) is 29.4 Å². The standard InChI is InChI=1S/C20H21N5O/c1-2-15-11-22-19(23-12-15)24-8-7-20(13-24)9-18(26)25(14-20)17-5-3-16(10-21)4-6-17/h3-6,11-12H,2,7-9,13-14H2,1H3. The molecule has 1 aromatic carbocycles. The highest BCUT2D eigenvalue weighted by molar-refractivity contribution is 5.96. The zero-order valence-corrected chi connectivity index (χ0v) is 14.9. The quantitative estimate of drug-likeness (QED) is 0.853. The van der Waals surface area contributed by atoms with Crippen LogP contribution < -0.4 is 9.80 Å². The Morgan fingerprint density at radius 1 is 1.19 bits per heavy atom. The van der Waals surface area contributed by atoms with Gasteiger partial charge in [0.25, 0.3) is 0 Å². The average Bonchev–Trinajstić information content (AvgIpc) is 3.25. The number of nitrogens with zero attached hydrogens (tertiary/aromatic N) is 5. The van der Waals surface area contributed by atoms with Crippen molar-refractivity contribution in [1.29, 1.82) is 5.26 Å². The van der Waals surface area contributed by atoms with Crippen molar-refractivity contribution in [1.82, 2.24) is 9.97 Å². The summed E-state index contributed by atoms with van der Waals surface area (Å²) in [4.78, 5) is 25.6. The highest BCUT2D eigenvalue weighted by Crippen LogP contribution is 2.42. The molecule has 3 heterocycles. The van der Waals surface area contributed by atoms with Crippen LogP contribution in [-0.2, 0) is 11.2 Å². The zero-order valence-electron chi connectivity index (χ0n) is 14.9. The summed E-state index contributed by atoms with van der Waals surface area (Å²) in [6.45, 7) is 4.48. The van der Waals surface area contributed by atoms with Crippen LogP contribution in [0.3, 0.4) is 0 Å². The van der Waals surface area contributed by atoms with Crippen LogP contribution in [0.2, 0.25) is 0 Å². The highest BCUT2D eigenvalue weighted by atomic mass is 16.2. The first-order valence-electron chi connectivity index (χ1n) is 8.99.